The highest BCUT2D eigenvalue weighted by atomic mass is 16.5. The van der Waals surface area contributed by atoms with E-state index in [1.54, 1.807) is 7.05 Å². The molecule has 1 aliphatic heterocycles. The number of carbonyl (C=O) groups is 3. The summed E-state index contributed by atoms with van der Waals surface area (Å²) in [5.74, 6) is -0.741. The lowest BCUT2D eigenvalue weighted by Gasteiger charge is -2.22. The van der Waals surface area contributed by atoms with E-state index in [9.17, 15) is 14.4 Å². The van der Waals surface area contributed by atoms with Crippen LogP contribution in [-0.2, 0) is 19.1 Å². The van der Waals surface area contributed by atoms with E-state index in [4.69, 9.17) is 0 Å². The summed E-state index contributed by atoms with van der Waals surface area (Å²) in [5, 5.41) is 5.10. The molecule has 7 heteroatoms. The Balaban J connectivity index is 2.56. The molecule has 0 aromatic heterocycles. The van der Waals surface area contributed by atoms with Crippen LogP contribution in [0.2, 0.25) is 0 Å². The first-order valence-electron chi connectivity index (χ1n) is 5.62. The second kappa shape index (κ2) is 6.13. The summed E-state index contributed by atoms with van der Waals surface area (Å²) in [4.78, 5) is 35.5. The van der Waals surface area contributed by atoms with Gasteiger partial charge in [-0.25, -0.2) is 5.01 Å². The molecule has 0 saturated carbocycles. The molecule has 18 heavy (non-hydrogen) atoms. The van der Waals surface area contributed by atoms with Crippen molar-refractivity contribution in [3.8, 4) is 0 Å². The van der Waals surface area contributed by atoms with E-state index in [0.717, 1.165) is 0 Å². The van der Waals surface area contributed by atoms with Crippen molar-refractivity contribution in [3.05, 3.63) is 0 Å². The Kier molecular flexibility index (Phi) is 4.82. The van der Waals surface area contributed by atoms with Gasteiger partial charge in [-0.15, -0.1) is 0 Å². The van der Waals surface area contributed by atoms with E-state index in [0.29, 0.717) is 12.1 Å². The first kappa shape index (κ1) is 14.1. The van der Waals surface area contributed by atoms with Gasteiger partial charge in [0, 0.05) is 33.5 Å². The van der Waals surface area contributed by atoms with Crippen LogP contribution in [0, 0.1) is 0 Å². The van der Waals surface area contributed by atoms with Crippen molar-refractivity contribution < 1.29 is 19.1 Å². The van der Waals surface area contributed by atoms with Gasteiger partial charge in [-0.3, -0.25) is 14.4 Å². The zero-order chi connectivity index (χ0) is 13.7. The molecule has 0 fully saturated rings. The minimum Gasteiger partial charge on any atom is -0.469 e. The minimum absolute atomic E-state index is 0.108. The SMILES string of the molecule is COC(=O)CCN(C)C(=O)C1=NN(C)C(=O)CC1. The largest absolute Gasteiger partial charge is 0.469 e. The highest BCUT2D eigenvalue weighted by Crippen LogP contribution is 2.09. The maximum absolute atomic E-state index is 12.0. The molecular weight excluding hydrogens is 238 g/mol. The number of methoxy groups -OCH3 is 1. The normalized spacial score (nSPS) is 15.2. The maximum atomic E-state index is 12.0. The second-order valence-electron chi connectivity index (χ2n) is 4.02. The molecule has 1 heterocycles. The van der Waals surface area contributed by atoms with Gasteiger partial charge in [0.05, 0.1) is 13.5 Å². The molecule has 0 N–H and O–H groups in total. The van der Waals surface area contributed by atoms with Crippen molar-refractivity contribution in [2.75, 3.05) is 27.7 Å². The van der Waals surface area contributed by atoms with E-state index in [1.165, 1.54) is 24.1 Å². The summed E-state index contributed by atoms with van der Waals surface area (Å²) in [6.07, 6.45) is 0.761. The van der Waals surface area contributed by atoms with Crippen LogP contribution in [0.1, 0.15) is 19.3 Å². The highest BCUT2D eigenvalue weighted by Gasteiger charge is 2.24. The molecule has 0 spiro atoms. The Morgan fingerprint density at radius 2 is 2.11 bits per heavy atom. The zero-order valence-corrected chi connectivity index (χ0v) is 10.8. The third kappa shape index (κ3) is 3.54. The summed E-state index contributed by atoms with van der Waals surface area (Å²) in [6.45, 7) is 0.266. The van der Waals surface area contributed by atoms with E-state index in [-0.39, 0.29) is 37.2 Å². The monoisotopic (exact) mass is 255 g/mol. The first-order valence-corrected chi connectivity index (χ1v) is 5.62. The molecule has 7 nitrogen and oxygen atoms in total. The van der Waals surface area contributed by atoms with E-state index in [1.807, 2.05) is 0 Å². The van der Waals surface area contributed by atoms with Gasteiger partial charge < -0.3 is 9.64 Å². The van der Waals surface area contributed by atoms with Crippen molar-refractivity contribution in [1.29, 1.82) is 0 Å². The molecule has 0 atom stereocenters. The smallest absolute Gasteiger partial charge is 0.307 e. The topological polar surface area (TPSA) is 79.3 Å². The van der Waals surface area contributed by atoms with Crippen LogP contribution in [0.5, 0.6) is 0 Å². The summed E-state index contributed by atoms with van der Waals surface area (Å²) < 4.78 is 4.50. The van der Waals surface area contributed by atoms with Crippen LogP contribution in [0.25, 0.3) is 0 Å². The number of carbonyl (C=O) groups excluding carboxylic acids is 3. The lowest BCUT2D eigenvalue weighted by Crippen LogP contribution is -2.39. The molecule has 2 amide bonds. The van der Waals surface area contributed by atoms with Crippen LogP contribution < -0.4 is 0 Å². The summed E-state index contributed by atoms with van der Waals surface area (Å²) in [5.41, 5.74) is 0.337. The van der Waals surface area contributed by atoms with Crippen LogP contribution in [0.3, 0.4) is 0 Å². The Labute approximate surface area is 105 Å². The molecule has 0 bridgehead atoms. The standard InChI is InChI=1S/C11H17N3O4/c1-13(7-6-10(16)18-3)11(17)8-4-5-9(15)14(2)12-8/h4-7H2,1-3H3. The Morgan fingerprint density at radius 3 is 2.67 bits per heavy atom. The van der Waals surface area contributed by atoms with Crippen molar-refractivity contribution in [2.45, 2.75) is 19.3 Å². The molecule has 0 aromatic carbocycles. The predicted molar refractivity (Wildman–Crippen MR) is 63.7 cm³/mol. The fraction of sp³-hybridized carbons (Fsp3) is 0.636. The average Bonchev–Trinajstić information content (AvgIpc) is 2.37. The maximum Gasteiger partial charge on any atom is 0.307 e. The predicted octanol–water partition coefficient (Wildman–Crippen LogP) is -0.384. The van der Waals surface area contributed by atoms with E-state index < -0.39 is 0 Å². The molecule has 0 aliphatic carbocycles. The third-order valence-corrected chi connectivity index (χ3v) is 2.68. The number of nitrogens with zero attached hydrogens (tertiary/aromatic N) is 3. The molecule has 1 aliphatic rings. The van der Waals surface area contributed by atoms with Gasteiger partial charge in [0.15, 0.2) is 0 Å². The molecule has 0 saturated heterocycles. The Hall–Kier alpha value is -1.92. The Morgan fingerprint density at radius 1 is 1.44 bits per heavy atom. The van der Waals surface area contributed by atoms with Gasteiger partial charge >= 0.3 is 5.97 Å². The lowest BCUT2D eigenvalue weighted by atomic mass is 10.1. The van der Waals surface area contributed by atoms with Crippen LogP contribution in [0.4, 0.5) is 0 Å². The summed E-state index contributed by atoms with van der Waals surface area (Å²) in [6, 6.07) is 0. The average molecular weight is 255 g/mol. The number of hydrazone groups is 1. The number of rotatable bonds is 4. The molecule has 0 aromatic rings. The quantitative estimate of drug-likeness (QED) is 0.641. The van der Waals surface area contributed by atoms with Crippen LogP contribution in [0.15, 0.2) is 5.10 Å². The van der Waals surface area contributed by atoms with Crippen molar-refractivity contribution in [2.24, 2.45) is 5.10 Å². The molecule has 1 rings (SSSR count). The molecular formula is C11H17N3O4. The van der Waals surface area contributed by atoms with Gasteiger partial charge in [0.1, 0.15) is 5.71 Å². The fourth-order valence-corrected chi connectivity index (χ4v) is 1.51. The number of hydrogen-bond donors (Lipinski definition) is 0. The van der Waals surface area contributed by atoms with Crippen molar-refractivity contribution in [1.82, 2.24) is 9.91 Å². The van der Waals surface area contributed by atoms with Gasteiger partial charge in [-0.1, -0.05) is 0 Å². The lowest BCUT2D eigenvalue weighted by molar-refractivity contribution is -0.141. The summed E-state index contributed by atoms with van der Waals surface area (Å²) >= 11 is 0. The van der Waals surface area contributed by atoms with E-state index >= 15 is 0 Å². The van der Waals surface area contributed by atoms with E-state index in [2.05, 4.69) is 9.84 Å². The Bertz CT molecular complexity index is 392. The minimum atomic E-state index is -0.368. The third-order valence-electron chi connectivity index (χ3n) is 2.68. The molecule has 0 radical (unpaired) electrons. The van der Waals surface area contributed by atoms with Gasteiger partial charge in [-0.05, 0) is 0 Å². The van der Waals surface area contributed by atoms with Gasteiger partial charge in [0.2, 0.25) is 5.91 Å². The van der Waals surface area contributed by atoms with Crippen molar-refractivity contribution in [3.63, 3.8) is 0 Å². The second-order valence-corrected chi connectivity index (χ2v) is 4.02. The fourth-order valence-electron chi connectivity index (χ4n) is 1.51. The number of amides is 2. The summed E-state index contributed by atoms with van der Waals surface area (Å²) in [7, 11) is 4.41. The number of ether oxygens (including phenoxy) is 1. The first-order chi connectivity index (χ1) is 8.45. The van der Waals surface area contributed by atoms with Gasteiger partial charge in [0.25, 0.3) is 5.91 Å². The zero-order valence-electron chi connectivity index (χ0n) is 10.8. The van der Waals surface area contributed by atoms with Crippen molar-refractivity contribution >= 4 is 23.5 Å². The molecule has 100 valence electrons. The number of hydrogen-bond acceptors (Lipinski definition) is 5. The molecule has 0 unspecified atom stereocenters. The van der Waals surface area contributed by atoms with Crippen LogP contribution in [-0.4, -0.2) is 61.2 Å². The van der Waals surface area contributed by atoms with Crippen LogP contribution >= 0.6 is 0 Å². The number of esters is 1. The van der Waals surface area contributed by atoms with Gasteiger partial charge in [-0.2, -0.15) is 5.10 Å². The highest BCUT2D eigenvalue weighted by molar-refractivity contribution is 6.39.